The van der Waals surface area contributed by atoms with Crippen LogP contribution in [0.25, 0.3) is 6.08 Å². The molecule has 1 atom stereocenters. The van der Waals surface area contributed by atoms with E-state index < -0.39 is 0 Å². The Hall–Kier alpha value is -1.77. The Morgan fingerprint density at radius 1 is 1.45 bits per heavy atom. The minimum Gasteiger partial charge on any atom is -0.493 e. The summed E-state index contributed by atoms with van der Waals surface area (Å²) in [5.74, 6) is 1.53. The van der Waals surface area contributed by atoms with Crippen LogP contribution in [0.4, 0.5) is 0 Å². The maximum atomic E-state index is 12.2. The van der Waals surface area contributed by atoms with E-state index in [9.17, 15) is 4.79 Å². The van der Waals surface area contributed by atoms with Crippen LogP contribution in [0.15, 0.2) is 30.3 Å². The molecule has 2 rings (SSSR count). The zero-order valence-corrected chi connectivity index (χ0v) is 12.3. The number of carbonyl (C=O) groups excluding carboxylic acids is 1. The van der Waals surface area contributed by atoms with Crippen molar-refractivity contribution in [1.29, 1.82) is 0 Å². The second kappa shape index (κ2) is 7.13. The van der Waals surface area contributed by atoms with Gasteiger partial charge in [0.05, 0.1) is 6.61 Å². The van der Waals surface area contributed by atoms with E-state index in [1.807, 2.05) is 42.2 Å². The second-order valence-corrected chi connectivity index (χ2v) is 5.34. The maximum absolute atomic E-state index is 12.2. The van der Waals surface area contributed by atoms with Gasteiger partial charge in [-0.05, 0) is 37.8 Å². The lowest BCUT2D eigenvalue weighted by Gasteiger charge is -2.30. The first-order valence-corrected chi connectivity index (χ1v) is 7.39. The molecule has 1 unspecified atom stereocenters. The van der Waals surface area contributed by atoms with Gasteiger partial charge in [0.2, 0.25) is 5.91 Å². The number of carbonyl (C=O) groups is 1. The summed E-state index contributed by atoms with van der Waals surface area (Å²) < 4.78 is 5.56. The van der Waals surface area contributed by atoms with Crippen LogP contribution in [-0.4, -0.2) is 30.5 Å². The molecule has 3 nitrogen and oxygen atoms in total. The van der Waals surface area contributed by atoms with Crippen LogP contribution >= 0.6 is 0 Å². The molecule has 108 valence electrons. The Balaban J connectivity index is 2.03. The summed E-state index contributed by atoms with van der Waals surface area (Å²) in [7, 11) is 0. The van der Waals surface area contributed by atoms with Crippen LogP contribution in [0.3, 0.4) is 0 Å². The lowest BCUT2D eigenvalue weighted by atomic mass is 10.0. The van der Waals surface area contributed by atoms with Gasteiger partial charge < -0.3 is 9.64 Å². The Morgan fingerprint density at radius 3 is 3.00 bits per heavy atom. The van der Waals surface area contributed by atoms with Gasteiger partial charge in [0.1, 0.15) is 5.75 Å². The summed E-state index contributed by atoms with van der Waals surface area (Å²) in [5.41, 5.74) is 0.952. The molecule has 0 saturated carbocycles. The molecular weight excluding hydrogens is 250 g/mol. The normalized spacial score (nSPS) is 19.3. The van der Waals surface area contributed by atoms with E-state index in [1.54, 1.807) is 6.08 Å². The van der Waals surface area contributed by atoms with Crippen molar-refractivity contribution < 1.29 is 9.53 Å². The van der Waals surface area contributed by atoms with Crippen LogP contribution in [-0.2, 0) is 4.79 Å². The van der Waals surface area contributed by atoms with E-state index in [1.165, 1.54) is 6.42 Å². The number of likely N-dealkylation sites (tertiary alicyclic amines) is 1. The van der Waals surface area contributed by atoms with Crippen LogP contribution in [0.1, 0.15) is 32.3 Å². The lowest BCUT2D eigenvalue weighted by molar-refractivity contribution is -0.127. The van der Waals surface area contributed by atoms with Crippen molar-refractivity contribution in [1.82, 2.24) is 4.90 Å². The van der Waals surface area contributed by atoms with Crippen molar-refractivity contribution in [3.05, 3.63) is 35.9 Å². The van der Waals surface area contributed by atoms with Gasteiger partial charge in [-0.1, -0.05) is 25.1 Å². The van der Waals surface area contributed by atoms with Crippen molar-refractivity contribution in [2.75, 3.05) is 19.7 Å². The molecule has 1 aromatic rings. The topological polar surface area (TPSA) is 29.5 Å². The highest BCUT2D eigenvalue weighted by atomic mass is 16.5. The molecule has 1 heterocycles. The first-order chi connectivity index (χ1) is 9.70. The minimum atomic E-state index is 0.0999. The summed E-state index contributed by atoms with van der Waals surface area (Å²) >= 11 is 0. The lowest BCUT2D eigenvalue weighted by Crippen LogP contribution is -2.38. The Labute approximate surface area is 121 Å². The number of nitrogens with zero attached hydrogens (tertiary/aromatic N) is 1. The zero-order valence-electron chi connectivity index (χ0n) is 12.3. The predicted molar refractivity (Wildman–Crippen MR) is 81.6 cm³/mol. The van der Waals surface area contributed by atoms with E-state index >= 15 is 0 Å². The fourth-order valence-corrected chi connectivity index (χ4v) is 2.56. The third-order valence-electron chi connectivity index (χ3n) is 3.59. The molecule has 1 saturated heterocycles. The van der Waals surface area contributed by atoms with Crippen molar-refractivity contribution >= 4 is 12.0 Å². The fourth-order valence-electron chi connectivity index (χ4n) is 2.56. The Kier molecular flexibility index (Phi) is 5.22. The molecule has 20 heavy (non-hydrogen) atoms. The number of ether oxygens (including phenoxy) is 1. The maximum Gasteiger partial charge on any atom is 0.246 e. The predicted octanol–water partition coefficient (Wildman–Crippen LogP) is 3.36. The Bertz CT molecular complexity index is 482. The van der Waals surface area contributed by atoms with Crippen molar-refractivity contribution in [3.8, 4) is 5.75 Å². The quantitative estimate of drug-likeness (QED) is 0.787. The summed E-state index contributed by atoms with van der Waals surface area (Å²) in [6.07, 6.45) is 5.85. The smallest absolute Gasteiger partial charge is 0.246 e. The number of rotatable bonds is 4. The number of amides is 1. The molecule has 1 amide bonds. The first-order valence-electron chi connectivity index (χ1n) is 7.39. The molecule has 0 spiro atoms. The van der Waals surface area contributed by atoms with Gasteiger partial charge in [0, 0.05) is 24.7 Å². The van der Waals surface area contributed by atoms with E-state index in [0.717, 1.165) is 30.8 Å². The summed E-state index contributed by atoms with van der Waals surface area (Å²) in [5, 5.41) is 0. The first kappa shape index (κ1) is 14.6. The van der Waals surface area contributed by atoms with Gasteiger partial charge >= 0.3 is 0 Å². The summed E-state index contributed by atoms with van der Waals surface area (Å²) in [6.45, 7) is 6.54. The molecule has 0 aliphatic carbocycles. The standard InChI is InChI=1S/C17H23NO2/c1-3-20-16-9-5-4-8-15(16)10-11-17(19)18-12-6-7-14(2)13-18/h4-5,8-11,14H,3,6-7,12-13H2,1-2H3. The van der Waals surface area contributed by atoms with Crippen molar-refractivity contribution in [3.63, 3.8) is 0 Å². The number of hydrogen-bond acceptors (Lipinski definition) is 2. The number of piperidine rings is 1. The van der Waals surface area contributed by atoms with E-state index in [4.69, 9.17) is 4.74 Å². The molecule has 1 aliphatic rings. The summed E-state index contributed by atoms with van der Waals surface area (Å²) in [4.78, 5) is 14.1. The average Bonchev–Trinajstić information content (AvgIpc) is 2.46. The fraction of sp³-hybridized carbons (Fsp3) is 0.471. The average molecular weight is 273 g/mol. The van der Waals surface area contributed by atoms with Gasteiger partial charge in [0.25, 0.3) is 0 Å². The van der Waals surface area contributed by atoms with Gasteiger partial charge in [0.15, 0.2) is 0 Å². The largest absolute Gasteiger partial charge is 0.493 e. The monoisotopic (exact) mass is 273 g/mol. The van der Waals surface area contributed by atoms with Gasteiger partial charge in [-0.3, -0.25) is 4.79 Å². The third kappa shape index (κ3) is 3.86. The van der Waals surface area contributed by atoms with Crippen LogP contribution in [0.5, 0.6) is 5.75 Å². The van der Waals surface area contributed by atoms with E-state index in [-0.39, 0.29) is 5.91 Å². The molecule has 1 fully saturated rings. The number of hydrogen-bond donors (Lipinski definition) is 0. The van der Waals surface area contributed by atoms with Crippen LogP contribution in [0, 0.1) is 5.92 Å². The molecule has 1 aromatic carbocycles. The van der Waals surface area contributed by atoms with E-state index in [2.05, 4.69) is 6.92 Å². The highest BCUT2D eigenvalue weighted by molar-refractivity contribution is 5.92. The highest BCUT2D eigenvalue weighted by Crippen LogP contribution is 2.20. The molecule has 0 radical (unpaired) electrons. The molecule has 0 aromatic heterocycles. The SMILES string of the molecule is CCOc1ccccc1C=CC(=O)N1CCCC(C)C1. The van der Waals surface area contributed by atoms with Gasteiger partial charge in [-0.25, -0.2) is 0 Å². The van der Waals surface area contributed by atoms with Crippen molar-refractivity contribution in [2.45, 2.75) is 26.7 Å². The highest BCUT2D eigenvalue weighted by Gasteiger charge is 2.18. The van der Waals surface area contributed by atoms with Gasteiger partial charge in [-0.15, -0.1) is 0 Å². The summed E-state index contributed by atoms with van der Waals surface area (Å²) in [6, 6.07) is 7.79. The molecule has 1 aliphatic heterocycles. The van der Waals surface area contributed by atoms with E-state index in [0.29, 0.717) is 12.5 Å². The number of benzene rings is 1. The minimum absolute atomic E-state index is 0.0999. The van der Waals surface area contributed by atoms with Crippen molar-refractivity contribution in [2.24, 2.45) is 5.92 Å². The second-order valence-electron chi connectivity index (χ2n) is 5.34. The van der Waals surface area contributed by atoms with Crippen LogP contribution in [0.2, 0.25) is 0 Å². The zero-order chi connectivity index (χ0) is 14.4. The molecule has 0 N–H and O–H groups in total. The third-order valence-corrected chi connectivity index (χ3v) is 3.59. The van der Waals surface area contributed by atoms with Crippen LogP contribution < -0.4 is 4.74 Å². The van der Waals surface area contributed by atoms with Gasteiger partial charge in [-0.2, -0.15) is 0 Å². The number of para-hydroxylation sites is 1. The molecule has 0 bridgehead atoms. The molecular formula is C17H23NO2. The molecule has 3 heteroatoms. The Morgan fingerprint density at radius 2 is 2.25 bits per heavy atom.